The molecule has 0 bridgehead atoms. The zero-order valence-corrected chi connectivity index (χ0v) is 11.5. The summed E-state index contributed by atoms with van der Waals surface area (Å²) >= 11 is 3.19. The Kier molecular flexibility index (Phi) is 5.72. The van der Waals surface area contributed by atoms with Gasteiger partial charge >= 0.3 is 6.09 Å². The lowest BCUT2D eigenvalue weighted by Gasteiger charge is -2.08. The van der Waals surface area contributed by atoms with Crippen molar-refractivity contribution in [3.63, 3.8) is 0 Å². The second-order valence-corrected chi connectivity index (χ2v) is 4.08. The van der Waals surface area contributed by atoms with Crippen molar-refractivity contribution in [3.05, 3.63) is 28.2 Å². The van der Waals surface area contributed by atoms with Gasteiger partial charge in [-0.3, -0.25) is 10.2 Å². The van der Waals surface area contributed by atoms with Crippen LogP contribution in [0.4, 0.5) is 10.5 Å². The molecule has 0 fully saturated rings. The van der Waals surface area contributed by atoms with Gasteiger partial charge in [0, 0.05) is 4.47 Å². The van der Waals surface area contributed by atoms with Crippen molar-refractivity contribution in [2.24, 2.45) is 4.99 Å². The first-order valence-electron chi connectivity index (χ1n) is 5.19. The molecule has 0 aliphatic heterocycles. The van der Waals surface area contributed by atoms with Crippen LogP contribution in [0.3, 0.4) is 0 Å². The number of nitrogens with one attached hydrogen (secondary N) is 2. The fraction of sp³-hybridized carbons (Fsp3) is 0.182. The van der Waals surface area contributed by atoms with E-state index in [9.17, 15) is 14.4 Å². The molecule has 8 heteroatoms. The van der Waals surface area contributed by atoms with Crippen molar-refractivity contribution < 1.29 is 19.1 Å². The van der Waals surface area contributed by atoms with Crippen LogP contribution in [0.2, 0.25) is 0 Å². The number of carbonyl (C=O) groups is 2. The Hall–Kier alpha value is -2.18. The van der Waals surface area contributed by atoms with Crippen molar-refractivity contribution in [1.82, 2.24) is 10.9 Å². The number of nitrogens with zero attached hydrogens (tertiary/aromatic N) is 1. The molecule has 0 atom stereocenters. The van der Waals surface area contributed by atoms with Crippen LogP contribution in [0, 0.1) is 0 Å². The highest BCUT2D eigenvalue weighted by Crippen LogP contribution is 2.23. The highest BCUT2D eigenvalue weighted by molar-refractivity contribution is 9.10. The van der Waals surface area contributed by atoms with E-state index in [0.717, 1.165) is 0 Å². The monoisotopic (exact) mass is 327 g/mol. The maximum Gasteiger partial charge on any atom is 0.426 e. The molecule has 1 aromatic carbocycles. The Labute approximate surface area is 117 Å². The van der Waals surface area contributed by atoms with Crippen LogP contribution in [0.1, 0.15) is 17.3 Å². The number of benzene rings is 1. The molecule has 0 aromatic heterocycles. The second kappa shape index (κ2) is 7.30. The average molecular weight is 328 g/mol. The molecular weight excluding hydrogens is 318 g/mol. The van der Waals surface area contributed by atoms with E-state index in [2.05, 4.69) is 36.5 Å². The van der Waals surface area contributed by atoms with E-state index in [4.69, 9.17) is 0 Å². The molecule has 100 valence electrons. The van der Waals surface area contributed by atoms with E-state index in [-0.39, 0.29) is 17.9 Å². The summed E-state index contributed by atoms with van der Waals surface area (Å²) in [7, 11) is 0. The zero-order valence-electron chi connectivity index (χ0n) is 9.90. The van der Waals surface area contributed by atoms with Gasteiger partial charge in [0.15, 0.2) is 0 Å². The molecule has 0 radical (unpaired) electrons. The minimum Gasteiger partial charge on any atom is -0.449 e. The molecule has 0 unspecified atom stereocenters. The number of isocyanates is 1. The van der Waals surface area contributed by atoms with E-state index in [0.29, 0.717) is 4.47 Å². The van der Waals surface area contributed by atoms with Gasteiger partial charge in [0.25, 0.3) is 5.91 Å². The number of halogens is 1. The van der Waals surface area contributed by atoms with Gasteiger partial charge in [-0.25, -0.2) is 15.0 Å². The normalized spacial score (nSPS) is 9.16. The summed E-state index contributed by atoms with van der Waals surface area (Å²) in [5, 5.41) is 0. The second-order valence-electron chi connectivity index (χ2n) is 3.16. The Morgan fingerprint density at radius 1 is 1.42 bits per heavy atom. The van der Waals surface area contributed by atoms with Gasteiger partial charge in [0.1, 0.15) is 0 Å². The lowest BCUT2D eigenvalue weighted by Crippen LogP contribution is -2.41. The highest BCUT2D eigenvalue weighted by atomic mass is 79.9. The third kappa shape index (κ3) is 4.53. The first-order valence-corrected chi connectivity index (χ1v) is 5.98. The number of amides is 2. The Morgan fingerprint density at radius 2 is 2.16 bits per heavy atom. The van der Waals surface area contributed by atoms with Gasteiger partial charge in [-0.1, -0.05) is 15.9 Å². The average Bonchev–Trinajstić information content (AvgIpc) is 2.37. The molecule has 7 nitrogen and oxygen atoms in total. The predicted molar refractivity (Wildman–Crippen MR) is 69.5 cm³/mol. The molecule has 0 spiro atoms. The first-order chi connectivity index (χ1) is 9.08. The van der Waals surface area contributed by atoms with Gasteiger partial charge < -0.3 is 4.74 Å². The third-order valence-electron chi connectivity index (χ3n) is 1.92. The van der Waals surface area contributed by atoms with Crippen molar-refractivity contribution in [3.8, 4) is 0 Å². The summed E-state index contributed by atoms with van der Waals surface area (Å²) in [5.74, 6) is -0.630. The summed E-state index contributed by atoms with van der Waals surface area (Å²) in [6.45, 7) is 1.81. The van der Waals surface area contributed by atoms with Gasteiger partial charge in [-0.2, -0.15) is 4.99 Å². The van der Waals surface area contributed by atoms with Crippen LogP contribution >= 0.6 is 15.9 Å². The minimum atomic E-state index is -0.784. The quantitative estimate of drug-likeness (QED) is 0.502. The lowest BCUT2D eigenvalue weighted by atomic mass is 10.2. The van der Waals surface area contributed by atoms with Crippen molar-refractivity contribution in [2.45, 2.75) is 6.92 Å². The fourth-order valence-electron chi connectivity index (χ4n) is 1.18. The molecule has 19 heavy (non-hydrogen) atoms. The fourth-order valence-corrected chi connectivity index (χ4v) is 1.53. The molecule has 1 rings (SSSR count). The molecule has 2 N–H and O–H groups in total. The summed E-state index contributed by atoms with van der Waals surface area (Å²) < 4.78 is 5.22. The third-order valence-corrected chi connectivity index (χ3v) is 2.42. The van der Waals surface area contributed by atoms with Crippen LogP contribution in [0.25, 0.3) is 0 Å². The molecule has 0 aliphatic carbocycles. The van der Waals surface area contributed by atoms with Gasteiger partial charge in [0.2, 0.25) is 6.08 Å². The minimum absolute atomic E-state index is 0.114. The topological polar surface area (TPSA) is 96.9 Å². The first kappa shape index (κ1) is 14.9. The van der Waals surface area contributed by atoms with E-state index < -0.39 is 12.0 Å². The maximum absolute atomic E-state index is 11.8. The summed E-state index contributed by atoms with van der Waals surface area (Å²) in [6, 6.07) is 4.52. The van der Waals surface area contributed by atoms with E-state index >= 15 is 0 Å². The SMILES string of the molecule is CCOC(=O)NNC(=O)c1ccc(Br)cc1N=C=O. The van der Waals surface area contributed by atoms with E-state index in [1.807, 2.05) is 0 Å². The van der Waals surface area contributed by atoms with Crippen LogP contribution in [-0.4, -0.2) is 24.7 Å². The smallest absolute Gasteiger partial charge is 0.426 e. The highest BCUT2D eigenvalue weighted by Gasteiger charge is 2.12. The summed E-state index contributed by atoms with van der Waals surface area (Å²) in [4.78, 5) is 36.5. The largest absolute Gasteiger partial charge is 0.449 e. The zero-order chi connectivity index (χ0) is 14.3. The standard InChI is InChI=1S/C11H10BrN3O4/c1-2-19-11(18)15-14-10(17)8-4-3-7(12)5-9(8)13-6-16/h3-5H,2H2,1H3,(H,14,17)(H,15,18). The van der Waals surface area contributed by atoms with Gasteiger partial charge in [-0.15, -0.1) is 0 Å². The van der Waals surface area contributed by atoms with E-state index in [1.54, 1.807) is 13.0 Å². The van der Waals surface area contributed by atoms with Crippen LogP contribution in [-0.2, 0) is 9.53 Å². The molecule has 1 aromatic rings. The Balaban J connectivity index is 2.82. The molecule has 0 heterocycles. The molecule has 0 saturated carbocycles. The number of ether oxygens (including phenoxy) is 1. The lowest BCUT2D eigenvalue weighted by molar-refractivity contribution is 0.0913. The van der Waals surface area contributed by atoms with Crippen molar-refractivity contribution in [2.75, 3.05) is 6.61 Å². The number of rotatable bonds is 3. The predicted octanol–water partition coefficient (Wildman–Crippen LogP) is 1.81. The Bertz CT molecular complexity index is 541. The maximum atomic E-state index is 11.8. The summed E-state index contributed by atoms with van der Waals surface area (Å²) in [6.07, 6.45) is 0.570. The molecule has 0 aliphatic rings. The molecule has 0 saturated heterocycles. The van der Waals surface area contributed by atoms with Crippen LogP contribution in [0.15, 0.2) is 27.7 Å². The van der Waals surface area contributed by atoms with Crippen molar-refractivity contribution >= 4 is 39.7 Å². The van der Waals surface area contributed by atoms with Crippen LogP contribution < -0.4 is 10.9 Å². The number of carbonyl (C=O) groups excluding carboxylic acids is 3. The van der Waals surface area contributed by atoms with Crippen LogP contribution in [0.5, 0.6) is 0 Å². The van der Waals surface area contributed by atoms with Gasteiger partial charge in [0.05, 0.1) is 17.9 Å². The summed E-state index contributed by atoms with van der Waals surface area (Å²) in [5.41, 5.74) is 4.43. The number of hydrogen-bond acceptors (Lipinski definition) is 5. The van der Waals surface area contributed by atoms with Gasteiger partial charge in [-0.05, 0) is 25.1 Å². The number of aliphatic imine (C=N–C) groups is 1. The van der Waals surface area contributed by atoms with E-state index in [1.165, 1.54) is 18.2 Å². The Morgan fingerprint density at radius 3 is 2.79 bits per heavy atom. The molecular formula is C11H10BrN3O4. The van der Waals surface area contributed by atoms with Crippen molar-refractivity contribution in [1.29, 1.82) is 0 Å². The number of hydrogen-bond donors (Lipinski definition) is 2. The number of hydrazine groups is 1. The molecule has 2 amide bonds.